The zero-order valence-corrected chi connectivity index (χ0v) is 31.0. The average Bonchev–Trinajstić information content (AvgIpc) is 3.81. The third kappa shape index (κ3) is 7.13. The summed E-state index contributed by atoms with van der Waals surface area (Å²) < 4.78 is 9.51. The first-order valence-electron chi connectivity index (χ1n) is 17.1. The smallest absolute Gasteiger partial charge is 0.291 e. The van der Waals surface area contributed by atoms with Crippen LogP contribution in [0.2, 0.25) is 10.0 Å². The van der Waals surface area contributed by atoms with Crippen LogP contribution in [0.3, 0.4) is 0 Å². The number of fused-ring (bicyclic) bond motifs is 1. The van der Waals surface area contributed by atoms with Crippen LogP contribution in [0.5, 0.6) is 5.88 Å². The second kappa shape index (κ2) is 15.0. The number of ether oxygens (including phenoxy) is 1. The number of nitrogens with zero attached hydrogens (tertiary/aromatic N) is 7. The summed E-state index contributed by atoms with van der Waals surface area (Å²) in [6.45, 7) is 5.45. The third-order valence-corrected chi connectivity index (χ3v) is 10.6. The first-order valence-corrected chi connectivity index (χ1v) is 17.9. The molecule has 0 bridgehead atoms. The van der Waals surface area contributed by atoms with Crippen molar-refractivity contribution >= 4 is 40.7 Å². The quantitative estimate of drug-likeness (QED) is 0.169. The highest BCUT2D eigenvalue weighted by Gasteiger charge is 2.27. The SMILES string of the molecule is COc1nc(-c2ccnc(-c3cccc(NC(=O)c4nc5c(n4C)CCN(Cc4ncn(C)c4C)C5)c3Cl)c2Cl)ccc1CNCC1CCC(=O)N1. The van der Waals surface area contributed by atoms with Crippen LogP contribution in [0.15, 0.2) is 48.9 Å². The Hall–Kier alpha value is -4.82. The fourth-order valence-electron chi connectivity index (χ4n) is 6.79. The van der Waals surface area contributed by atoms with E-state index in [1.54, 1.807) is 31.5 Å². The fourth-order valence-corrected chi connectivity index (χ4v) is 7.36. The Morgan fingerprint density at radius 2 is 1.90 bits per heavy atom. The number of pyridine rings is 2. The van der Waals surface area contributed by atoms with Crippen LogP contribution in [0.1, 0.15) is 51.8 Å². The molecular weight excluding hydrogens is 703 g/mol. The number of nitrogens with one attached hydrogen (secondary N) is 3. The van der Waals surface area contributed by atoms with Gasteiger partial charge in [0.05, 0.1) is 51.9 Å². The number of methoxy groups -OCH3 is 1. The number of rotatable bonds is 11. The Kier molecular flexibility index (Phi) is 10.3. The van der Waals surface area contributed by atoms with Crippen LogP contribution in [0.4, 0.5) is 5.69 Å². The van der Waals surface area contributed by atoms with Gasteiger partial charge in [-0.15, -0.1) is 0 Å². The van der Waals surface area contributed by atoms with Crippen molar-refractivity contribution in [3.8, 4) is 28.4 Å². The van der Waals surface area contributed by atoms with Crippen molar-refractivity contribution < 1.29 is 14.3 Å². The number of aryl methyl sites for hydroxylation is 1. The highest BCUT2D eigenvalue weighted by molar-refractivity contribution is 6.39. The van der Waals surface area contributed by atoms with Gasteiger partial charge in [0.2, 0.25) is 11.8 Å². The van der Waals surface area contributed by atoms with E-state index in [-0.39, 0.29) is 17.9 Å². The molecule has 0 saturated carbocycles. The Balaban J connectivity index is 1.07. The molecule has 2 aliphatic rings. The van der Waals surface area contributed by atoms with Gasteiger partial charge in [0, 0.05) is 100.0 Å². The highest BCUT2D eigenvalue weighted by Crippen LogP contribution is 2.40. The summed E-state index contributed by atoms with van der Waals surface area (Å²) in [7, 11) is 5.44. The molecule has 1 atom stereocenters. The summed E-state index contributed by atoms with van der Waals surface area (Å²) in [5.74, 6) is 0.494. The van der Waals surface area contributed by atoms with Gasteiger partial charge in [0.25, 0.3) is 5.91 Å². The number of benzene rings is 1. The van der Waals surface area contributed by atoms with Crippen LogP contribution in [-0.2, 0) is 44.9 Å². The van der Waals surface area contributed by atoms with Crippen molar-refractivity contribution in [2.24, 2.45) is 14.1 Å². The minimum Gasteiger partial charge on any atom is -0.481 e. The first kappa shape index (κ1) is 35.6. The van der Waals surface area contributed by atoms with Gasteiger partial charge in [-0.1, -0.05) is 41.4 Å². The number of amides is 2. The molecule has 0 spiro atoms. The molecular formula is C37H40Cl2N10O3. The molecule has 3 N–H and O–H groups in total. The average molecular weight is 744 g/mol. The van der Waals surface area contributed by atoms with Crippen molar-refractivity contribution in [2.45, 2.75) is 51.9 Å². The predicted molar refractivity (Wildman–Crippen MR) is 199 cm³/mol. The van der Waals surface area contributed by atoms with Crippen LogP contribution in [0.25, 0.3) is 22.5 Å². The third-order valence-electron chi connectivity index (χ3n) is 9.84. The first-order chi connectivity index (χ1) is 25.1. The molecule has 1 saturated heterocycles. The lowest BCUT2D eigenvalue weighted by Crippen LogP contribution is -2.35. The van der Waals surface area contributed by atoms with Gasteiger partial charge in [-0.3, -0.25) is 19.5 Å². The number of imidazole rings is 2. The normalized spacial score (nSPS) is 15.8. The van der Waals surface area contributed by atoms with Crippen LogP contribution in [0, 0.1) is 6.92 Å². The largest absolute Gasteiger partial charge is 0.481 e. The van der Waals surface area contributed by atoms with Gasteiger partial charge in [-0.25, -0.2) is 15.0 Å². The summed E-state index contributed by atoms with van der Waals surface area (Å²) in [5, 5.41) is 9.95. The Morgan fingerprint density at radius 3 is 2.65 bits per heavy atom. The van der Waals surface area contributed by atoms with E-state index in [0.29, 0.717) is 76.0 Å². The monoisotopic (exact) mass is 742 g/mol. The molecule has 15 heteroatoms. The van der Waals surface area contributed by atoms with E-state index in [2.05, 4.69) is 37.7 Å². The lowest BCUT2D eigenvalue weighted by atomic mass is 10.1. The number of aromatic nitrogens is 6. The molecule has 2 amide bonds. The van der Waals surface area contributed by atoms with Crippen molar-refractivity contribution in [1.82, 2.24) is 44.6 Å². The number of hydrogen-bond donors (Lipinski definition) is 3. The molecule has 0 radical (unpaired) electrons. The molecule has 1 fully saturated rings. The number of hydrogen-bond acceptors (Lipinski definition) is 9. The zero-order valence-electron chi connectivity index (χ0n) is 29.5. The maximum atomic E-state index is 13.6. The highest BCUT2D eigenvalue weighted by atomic mass is 35.5. The molecule has 52 heavy (non-hydrogen) atoms. The summed E-state index contributed by atoms with van der Waals surface area (Å²) >= 11 is 13.9. The van der Waals surface area contributed by atoms with Gasteiger partial charge in [0.15, 0.2) is 5.82 Å². The Morgan fingerprint density at radius 1 is 1.06 bits per heavy atom. The van der Waals surface area contributed by atoms with Gasteiger partial charge >= 0.3 is 0 Å². The number of anilines is 1. The molecule has 6 heterocycles. The molecule has 1 aromatic carbocycles. The molecule has 13 nitrogen and oxygen atoms in total. The molecule has 270 valence electrons. The second-order valence-electron chi connectivity index (χ2n) is 13.2. The van der Waals surface area contributed by atoms with E-state index in [1.807, 2.05) is 47.8 Å². The van der Waals surface area contributed by atoms with E-state index >= 15 is 0 Å². The number of halogens is 2. The molecule has 2 aliphatic heterocycles. The summed E-state index contributed by atoms with van der Waals surface area (Å²) in [5.41, 5.74) is 7.64. The fraction of sp³-hybridized carbons (Fsp3) is 0.351. The van der Waals surface area contributed by atoms with Crippen molar-refractivity contribution in [2.75, 3.05) is 25.5 Å². The Bertz CT molecular complexity index is 2160. The van der Waals surface area contributed by atoms with E-state index in [9.17, 15) is 9.59 Å². The van der Waals surface area contributed by atoms with Gasteiger partial charge in [-0.2, -0.15) is 0 Å². The lowest BCUT2D eigenvalue weighted by molar-refractivity contribution is -0.119. The maximum absolute atomic E-state index is 13.6. The van der Waals surface area contributed by atoms with Gasteiger partial charge < -0.3 is 29.8 Å². The van der Waals surface area contributed by atoms with E-state index in [1.165, 1.54) is 0 Å². The van der Waals surface area contributed by atoms with Gasteiger partial charge in [0.1, 0.15) is 0 Å². The maximum Gasteiger partial charge on any atom is 0.291 e. The van der Waals surface area contributed by atoms with Crippen LogP contribution < -0.4 is 20.7 Å². The minimum atomic E-state index is -0.366. The second-order valence-corrected chi connectivity index (χ2v) is 13.9. The predicted octanol–water partition coefficient (Wildman–Crippen LogP) is 5.08. The molecule has 1 unspecified atom stereocenters. The molecule has 7 rings (SSSR count). The number of carbonyl (C=O) groups excluding carboxylic acids is 2. The molecule has 0 aliphatic carbocycles. The topological polar surface area (TPSA) is 144 Å². The summed E-state index contributed by atoms with van der Waals surface area (Å²) in [6, 6.07) is 11.1. The summed E-state index contributed by atoms with van der Waals surface area (Å²) in [6.07, 6.45) is 5.64. The zero-order chi connectivity index (χ0) is 36.5. The van der Waals surface area contributed by atoms with E-state index in [0.717, 1.165) is 54.3 Å². The minimum absolute atomic E-state index is 0.0875. The van der Waals surface area contributed by atoms with E-state index in [4.69, 9.17) is 37.9 Å². The van der Waals surface area contributed by atoms with Gasteiger partial charge in [-0.05, 0) is 31.5 Å². The lowest BCUT2D eigenvalue weighted by Gasteiger charge is -2.26. The van der Waals surface area contributed by atoms with E-state index < -0.39 is 0 Å². The van der Waals surface area contributed by atoms with Crippen LogP contribution in [-0.4, -0.2) is 72.0 Å². The van der Waals surface area contributed by atoms with Crippen molar-refractivity contribution in [3.05, 3.63) is 93.1 Å². The Labute approximate surface area is 311 Å². The van der Waals surface area contributed by atoms with Crippen molar-refractivity contribution in [3.63, 3.8) is 0 Å². The summed E-state index contributed by atoms with van der Waals surface area (Å²) in [4.78, 5) is 46.1. The standard InChI is InChI=1S/C37H40Cl2N10O3/c1-21-28(42-20-47(21)2)18-49-15-13-30-29(19-49)44-35(48(30)3)36(51)45-27-7-5-6-25(32(27)38)34-33(39)24(12-14-41-34)26-10-8-22(37(46-26)52-4)16-40-17-23-9-11-31(50)43-23/h5-8,10,12,14,20,23,40H,9,11,13,15-19H2,1-4H3,(H,43,50)(H,45,51). The number of carbonyl (C=O) groups is 2. The van der Waals surface area contributed by atoms with Crippen molar-refractivity contribution in [1.29, 1.82) is 0 Å². The molecule has 4 aromatic heterocycles. The van der Waals surface area contributed by atoms with Crippen LogP contribution >= 0.6 is 23.2 Å². The molecule has 5 aromatic rings.